The van der Waals surface area contributed by atoms with E-state index in [1.807, 2.05) is 30.3 Å². The van der Waals surface area contributed by atoms with E-state index in [1.165, 1.54) is 4.68 Å². The molecular weight excluding hydrogens is 541 g/mol. The average molecular weight is 566 g/mol. The molecule has 0 radical (unpaired) electrons. The van der Waals surface area contributed by atoms with E-state index < -0.39 is 6.04 Å². The fourth-order valence-corrected chi connectivity index (χ4v) is 4.02. The van der Waals surface area contributed by atoms with E-state index in [1.54, 1.807) is 54.4 Å². The minimum absolute atomic E-state index is 0.00464. The fourth-order valence-electron chi connectivity index (χ4n) is 3.69. The van der Waals surface area contributed by atoms with E-state index in [9.17, 15) is 4.79 Å². The zero-order valence-electron chi connectivity index (χ0n) is 21.0. The molecule has 0 aliphatic rings. The minimum atomic E-state index is -0.541. The van der Waals surface area contributed by atoms with Crippen LogP contribution in [-0.4, -0.2) is 51.2 Å². The molecule has 4 aromatic rings. The number of benzene rings is 3. The van der Waals surface area contributed by atoms with Crippen LogP contribution in [0.15, 0.2) is 72.8 Å². The van der Waals surface area contributed by atoms with Gasteiger partial charge in [-0.2, -0.15) is 5.26 Å². The van der Waals surface area contributed by atoms with Crippen LogP contribution < -0.4 is 14.8 Å². The Hall–Kier alpha value is -4.17. The molecule has 1 unspecified atom stereocenters. The fraction of sp³-hybridized carbons (Fsp3) is 0.222. The maximum Gasteiger partial charge on any atom is 0.238 e. The molecule has 0 bridgehead atoms. The van der Waals surface area contributed by atoms with Crippen molar-refractivity contribution in [2.45, 2.75) is 19.0 Å². The van der Waals surface area contributed by atoms with Crippen LogP contribution in [0.3, 0.4) is 0 Å². The van der Waals surface area contributed by atoms with Gasteiger partial charge in [0, 0.05) is 16.8 Å². The molecule has 1 heterocycles. The first kappa shape index (κ1) is 27.9. The summed E-state index contributed by atoms with van der Waals surface area (Å²) in [5.41, 5.74) is 0.617. The van der Waals surface area contributed by atoms with Crippen molar-refractivity contribution in [3.63, 3.8) is 0 Å². The number of ether oxygens (including phenoxy) is 2. The lowest BCUT2D eigenvalue weighted by Crippen LogP contribution is -2.37. The first-order chi connectivity index (χ1) is 18.9. The number of rotatable bonds is 12. The summed E-state index contributed by atoms with van der Waals surface area (Å²) in [6, 6.07) is 23.0. The molecule has 0 fully saturated rings. The van der Waals surface area contributed by atoms with E-state index in [2.05, 4.69) is 26.9 Å². The molecule has 0 aliphatic carbocycles. The van der Waals surface area contributed by atoms with Crippen LogP contribution in [0.2, 0.25) is 10.0 Å². The number of likely N-dealkylation sites (N-methyl/N-ethyl adjacent to an activating group) is 1. The summed E-state index contributed by atoms with van der Waals surface area (Å²) in [4.78, 5) is 14.7. The van der Waals surface area contributed by atoms with Gasteiger partial charge in [0.2, 0.25) is 5.91 Å². The van der Waals surface area contributed by atoms with Crippen molar-refractivity contribution in [1.82, 2.24) is 25.1 Å². The van der Waals surface area contributed by atoms with Crippen molar-refractivity contribution in [3.05, 3.63) is 88.7 Å². The number of halogens is 2. The van der Waals surface area contributed by atoms with Gasteiger partial charge in [0.15, 0.2) is 5.82 Å². The number of hydrogen-bond acceptors (Lipinski definition) is 8. The molecule has 0 aliphatic heterocycles. The number of nitrogens with one attached hydrogen (secondary N) is 1. The maximum atomic E-state index is 12.9. The number of nitriles is 1. The van der Waals surface area contributed by atoms with Crippen LogP contribution in [-0.2, 0) is 11.3 Å². The van der Waals surface area contributed by atoms with E-state index in [0.29, 0.717) is 39.6 Å². The number of aromatic nitrogens is 4. The number of tetrazole rings is 1. The van der Waals surface area contributed by atoms with Gasteiger partial charge in [-0.05, 0) is 66.0 Å². The Labute approximate surface area is 235 Å². The Morgan fingerprint density at radius 2 is 1.85 bits per heavy atom. The molecule has 1 amide bonds. The van der Waals surface area contributed by atoms with E-state index in [-0.39, 0.29) is 25.5 Å². The smallest absolute Gasteiger partial charge is 0.238 e. The average Bonchev–Trinajstić information content (AvgIpc) is 3.39. The summed E-state index contributed by atoms with van der Waals surface area (Å²) in [5, 5.41) is 24.7. The third-order valence-corrected chi connectivity index (χ3v) is 6.17. The number of para-hydroxylation sites is 1. The molecule has 0 saturated heterocycles. The van der Waals surface area contributed by atoms with Gasteiger partial charge in [-0.25, -0.2) is 4.68 Å². The predicted octanol–water partition coefficient (Wildman–Crippen LogP) is 5.38. The first-order valence-electron chi connectivity index (χ1n) is 12.0. The van der Waals surface area contributed by atoms with Crippen LogP contribution in [0.25, 0.3) is 0 Å². The second kappa shape index (κ2) is 13.6. The third kappa shape index (κ3) is 7.91. The second-order valence-electron chi connectivity index (χ2n) is 8.47. The molecule has 0 saturated carbocycles. The molecule has 4 rings (SSSR count). The molecule has 39 heavy (non-hydrogen) atoms. The summed E-state index contributed by atoms with van der Waals surface area (Å²) in [6.07, 6.45) is 0.222. The van der Waals surface area contributed by atoms with Crippen molar-refractivity contribution in [3.8, 4) is 23.3 Å². The molecule has 3 aromatic carbocycles. The van der Waals surface area contributed by atoms with Crippen LogP contribution in [0, 0.1) is 11.3 Å². The molecule has 1 aromatic heterocycles. The number of aryl methyl sites for hydroxylation is 1. The Kier molecular flexibility index (Phi) is 9.69. The number of hydrogen-bond donors (Lipinski definition) is 1. The van der Waals surface area contributed by atoms with Crippen LogP contribution in [0.5, 0.6) is 17.2 Å². The standard InChI is InChI=1S/C27H25Cl2N7O3/c1-35(17-26(37)31-20-9-11-22(12-10-20)39-21-6-3-2-4-7-21)24(27-32-33-34-36(27)15-5-14-30)18-38-25-16-19(28)8-13-23(25)29/h2-4,6-13,16,24H,5,15,17-18H2,1H3,(H,31,37). The topological polar surface area (TPSA) is 118 Å². The number of anilines is 1. The summed E-state index contributed by atoms with van der Waals surface area (Å²) >= 11 is 12.4. The largest absolute Gasteiger partial charge is 0.490 e. The summed E-state index contributed by atoms with van der Waals surface area (Å²) in [5.74, 6) is 1.95. The SMILES string of the molecule is CN(CC(=O)Nc1ccc(Oc2ccccc2)cc1)C(COc1cc(Cl)ccc1Cl)c1nnnn1CCC#N. The normalized spacial score (nSPS) is 11.6. The lowest BCUT2D eigenvalue weighted by molar-refractivity contribution is -0.117. The van der Waals surface area contributed by atoms with Crippen molar-refractivity contribution >= 4 is 34.8 Å². The van der Waals surface area contributed by atoms with Gasteiger partial charge < -0.3 is 14.8 Å². The molecule has 200 valence electrons. The monoisotopic (exact) mass is 565 g/mol. The zero-order valence-corrected chi connectivity index (χ0v) is 22.5. The van der Waals surface area contributed by atoms with Crippen molar-refractivity contribution in [1.29, 1.82) is 5.26 Å². The van der Waals surface area contributed by atoms with Gasteiger partial charge in [0.05, 0.1) is 30.6 Å². The lowest BCUT2D eigenvalue weighted by atomic mass is 10.2. The lowest BCUT2D eigenvalue weighted by Gasteiger charge is -2.27. The van der Waals surface area contributed by atoms with E-state index >= 15 is 0 Å². The third-order valence-electron chi connectivity index (χ3n) is 5.63. The van der Waals surface area contributed by atoms with Gasteiger partial charge in [-0.1, -0.05) is 41.4 Å². The molecule has 10 nitrogen and oxygen atoms in total. The highest BCUT2D eigenvalue weighted by atomic mass is 35.5. The van der Waals surface area contributed by atoms with Gasteiger partial charge in [0.25, 0.3) is 0 Å². The van der Waals surface area contributed by atoms with Crippen molar-refractivity contribution in [2.24, 2.45) is 0 Å². The number of nitrogens with zero attached hydrogens (tertiary/aromatic N) is 6. The molecular formula is C27H25Cl2N7O3. The number of carbonyl (C=O) groups excluding carboxylic acids is 1. The maximum absolute atomic E-state index is 12.9. The van der Waals surface area contributed by atoms with E-state index in [4.69, 9.17) is 37.9 Å². The summed E-state index contributed by atoms with van der Waals surface area (Å²) < 4.78 is 13.3. The highest BCUT2D eigenvalue weighted by Gasteiger charge is 2.26. The van der Waals surface area contributed by atoms with Crippen molar-refractivity contribution in [2.75, 3.05) is 25.5 Å². The minimum Gasteiger partial charge on any atom is -0.490 e. The van der Waals surface area contributed by atoms with Crippen LogP contribution in [0.4, 0.5) is 5.69 Å². The van der Waals surface area contributed by atoms with Gasteiger partial charge in [-0.15, -0.1) is 5.10 Å². The highest BCUT2D eigenvalue weighted by Crippen LogP contribution is 2.29. The quantitative estimate of drug-likeness (QED) is 0.243. The molecule has 12 heteroatoms. The van der Waals surface area contributed by atoms with Crippen LogP contribution >= 0.6 is 23.2 Å². The molecule has 0 spiro atoms. The van der Waals surface area contributed by atoms with Gasteiger partial charge >= 0.3 is 0 Å². The number of carbonyl (C=O) groups is 1. The highest BCUT2D eigenvalue weighted by molar-refractivity contribution is 6.34. The van der Waals surface area contributed by atoms with E-state index in [0.717, 1.165) is 5.75 Å². The zero-order chi connectivity index (χ0) is 27.6. The number of amides is 1. The Morgan fingerprint density at radius 3 is 2.59 bits per heavy atom. The Morgan fingerprint density at radius 1 is 1.10 bits per heavy atom. The second-order valence-corrected chi connectivity index (χ2v) is 9.32. The Bertz CT molecular complexity index is 1430. The molecule has 1 N–H and O–H groups in total. The summed E-state index contributed by atoms with van der Waals surface area (Å²) in [6.45, 7) is 0.373. The van der Waals surface area contributed by atoms with Gasteiger partial charge in [0.1, 0.15) is 29.9 Å². The predicted molar refractivity (Wildman–Crippen MR) is 147 cm³/mol. The molecule has 1 atom stereocenters. The van der Waals surface area contributed by atoms with Crippen molar-refractivity contribution < 1.29 is 14.3 Å². The van der Waals surface area contributed by atoms with Gasteiger partial charge in [-0.3, -0.25) is 9.69 Å². The summed E-state index contributed by atoms with van der Waals surface area (Å²) in [7, 11) is 1.76. The van der Waals surface area contributed by atoms with Crippen LogP contribution in [0.1, 0.15) is 18.3 Å². The Balaban J connectivity index is 1.43. The first-order valence-corrected chi connectivity index (χ1v) is 12.7.